The molecule has 1 heterocycles. The maximum atomic E-state index is 12.2. The Labute approximate surface area is 138 Å². The van der Waals surface area contributed by atoms with Crippen molar-refractivity contribution < 1.29 is 13.3 Å². The second kappa shape index (κ2) is 5.91. The topological polar surface area (TPSA) is 89.3 Å². The Kier molecular flexibility index (Phi) is 4.57. The molecule has 6 nitrogen and oxygen atoms in total. The number of anilines is 1. The molecule has 0 unspecified atom stereocenters. The Bertz CT molecular complexity index is 800. The van der Waals surface area contributed by atoms with Crippen LogP contribution in [0.15, 0.2) is 32.3 Å². The number of nitrogens with zero attached hydrogens (tertiary/aromatic N) is 1. The standard InChI is InChI=1S/C11H8BrClN2O4S2/c1-6-4-10(20-11(6)12)21(18,19)14-8-3-2-7(13)5-9(8)15(16)17/h2-5,14H,1H3. The zero-order valence-corrected chi connectivity index (χ0v) is 14.4. The number of aryl methyl sites for hydroxylation is 1. The van der Waals surface area contributed by atoms with Gasteiger partial charge in [-0.3, -0.25) is 14.8 Å². The number of benzene rings is 1. The average Bonchev–Trinajstić information content (AvgIpc) is 2.72. The van der Waals surface area contributed by atoms with E-state index in [2.05, 4.69) is 20.7 Å². The minimum atomic E-state index is -3.89. The predicted octanol–water partition coefficient (Wildman–Crippen LogP) is 4.18. The van der Waals surface area contributed by atoms with Crippen LogP contribution in [0, 0.1) is 17.0 Å². The molecule has 0 aliphatic rings. The number of nitro groups is 1. The van der Waals surface area contributed by atoms with Gasteiger partial charge in [-0.2, -0.15) is 0 Å². The molecule has 0 spiro atoms. The summed E-state index contributed by atoms with van der Waals surface area (Å²) in [5.74, 6) is 0. The SMILES string of the molecule is Cc1cc(S(=O)(=O)Nc2ccc(Cl)cc2[N+](=O)[O-])sc1Br. The molecule has 1 aromatic heterocycles. The van der Waals surface area contributed by atoms with Crippen LogP contribution in [-0.2, 0) is 10.0 Å². The highest BCUT2D eigenvalue weighted by Gasteiger charge is 2.23. The van der Waals surface area contributed by atoms with Gasteiger partial charge in [-0.05, 0) is 46.6 Å². The van der Waals surface area contributed by atoms with Gasteiger partial charge in [0.1, 0.15) is 9.90 Å². The van der Waals surface area contributed by atoms with E-state index in [4.69, 9.17) is 11.6 Å². The van der Waals surface area contributed by atoms with Crippen molar-refractivity contribution in [1.29, 1.82) is 0 Å². The maximum absolute atomic E-state index is 12.2. The molecule has 0 saturated heterocycles. The highest BCUT2D eigenvalue weighted by Crippen LogP contribution is 2.34. The number of hydrogen-bond acceptors (Lipinski definition) is 5. The molecule has 1 N–H and O–H groups in total. The quantitative estimate of drug-likeness (QED) is 0.603. The third-order valence-corrected chi connectivity index (χ3v) is 6.71. The number of nitrogens with one attached hydrogen (secondary N) is 1. The summed E-state index contributed by atoms with van der Waals surface area (Å²) < 4.78 is 27.5. The van der Waals surface area contributed by atoms with Crippen molar-refractivity contribution in [2.24, 2.45) is 0 Å². The van der Waals surface area contributed by atoms with E-state index in [0.29, 0.717) is 3.79 Å². The van der Waals surface area contributed by atoms with Crippen LogP contribution in [-0.4, -0.2) is 13.3 Å². The summed E-state index contributed by atoms with van der Waals surface area (Å²) in [6.45, 7) is 1.75. The van der Waals surface area contributed by atoms with E-state index in [0.717, 1.165) is 23.0 Å². The summed E-state index contributed by atoms with van der Waals surface area (Å²) >= 11 is 9.96. The van der Waals surface area contributed by atoms with Gasteiger partial charge < -0.3 is 0 Å². The van der Waals surface area contributed by atoms with Gasteiger partial charge in [0.05, 0.1) is 8.71 Å². The van der Waals surface area contributed by atoms with Crippen molar-refractivity contribution in [3.63, 3.8) is 0 Å². The minimum Gasteiger partial charge on any atom is -0.272 e. The summed E-state index contributed by atoms with van der Waals surface area (Å²) in [7, 11) is -3.89. The molecule has 0 atom stereocenters. The predicted molar refractivity (Wildman–Crippen MR) is 85.7 cm³/mol. The molecular formula is C11H8BrClN2O4S2. The number of thiophene rings is 1. The van der Waals surface area contributed by atoms with Crippen LogP contribution in [0.3, 0.4) is 0 Å². The summed E-state index contributed by atoms with van der Waals surface area (Å²) in [4.78, 5) is 10.3. The van der Waals surface area contributed by atoms with Crippen molar-refractivity contribution in [2.45, 2.75) is 11.1 Å². The van der Waals surface area contributed by atoms with Crippen LogP contribution in [0.25, 0.3) is 0 Å². The molecule has 10 heteroatoms. The highest BCUT2D eigenvalue weighted by atomic mass is 79.9. The lowest BCUT2D eigenvalue weighted by molar-refractivity contribution is -0.383. The lowest BCUT2D eigenvalue weighted by Gasteiger charge is -2.07. The van der Waals surface area contributed by atoms with E-state index < -0.39 is 20.6 Å². The van der Waals surface area contributed by atoms with Gasteiger partial charge in [0.25, 0.3) is 15.7 Å². The molecule has 0 aliphatic carbocycles. The van der Waals surface area contributed by atoms with Gasteiger partial charge in [0.15, 0.2) is 0 Å². The zero-order valence-electron chi connectivity index (χ0n) is 10.5. The van der Waals surface area contributed by atoms with E-state index >= 15 is 0 Å². The van der Waals surface area contributed by atoms with Gasteiger partial charge >= 0.3 is 0 Å². The van der Waals surface area contributed by atoms with E-state index in [-0.39, 0.29) is 14.9 Å². The van der Waals surface area contributed by atoms with Crippen LogP contribution >= 0.6 is 38.9 Å². The number of halogens is 2. The molecule has 0 saturated carbocycles. The van der Waals surface area contributed by atoms with E-state index in [1.807, 2.05) is 0 Å². The third kappa shape index (κ3) is 3.54. The van der Waals surface area contributed by atoms with E-state index in [9.17, 15) is 18.5 Å². The molecule has 21 heavy (non-hydrogen) atoms. The fourth-order valence-corrected chi connectivity index (χ4v) is 4.97. The van der Waals surface area contributed by atoms with Crippen LogP contribution in [0.4, 0.5) is 11.4 Å². The molecule has 0 bridgehead atoms. The van der Waals surface area contributed by atoms with Crippen molar-refractivity contribution in [3.05, 3.63) is 48.8 Å². The first-order chi connectivity index (χ1) is 9.70. The summed E-state index contributed by atoms with van der Waals surface area (Å²) in [5, 5.41) is 11.1. The molecule has 0 radical (unpaired) electrons. The van der Waals surface area contributed by atoms with Crippen LogP contribution in [0.1, 0.15) is 5.56 Å². The smallest absolute Gasteiger partial charge is 0.272 e. The molecule has 112 valence electrons. The monoisotopic (exact) mass is 410 g/mol. The Balaban J connectivity index is 2.44. The zero-order chi connectivity index (χ0) is 15.8. The Morgan fingerprint density at radius 2 is 2.05 bits per heavy atom. The van der Waals surface area contributed by atoms with E-state index in [1.54, 1.807) is 6.92 Å². The first kappa shape index (κ1) is 16.2. The van der Waals surface area contributed by atoms with Gasteiger partial charge in [-0.25, -0.2) is 8.42 Å². The summed E-state index contributed by atoms with van der Waals surface area (Å²) in [6, 6.07) is 5.21. The lowest BCUT2D eigenvalue weighted by atomic mass is 10.3. The van der Waals surface area contributed by atoms with Gasteiger partial charge in [0.2, 0.25) is 0 Å². The largest absolute Gasteiger partial charge is 0.294 e. The number of hydrogen-bond donors (Lipinski definition) is 1. The fourth-order valence-electron chi connectivity index (χ4n) is 1.50. The molecule has 0 amide bonds. The highest BCUT2D eigenvalue weighted by molar-refractivity contribution is 9.11. The number of rotatable bonds is 4. The molecule has 0 aliphatic heterocycles. The first-order valence-corrected chi connectivity index (χ1v) is 8.90. The first-order valence-electron chi connectivity index (χ1n) is 5.43. The van der Waals surface area contributed by atoms with Gasteiger partial charge in [-0.1, -0.05) is 11.6 Å². The van der Waals surface area contributed by atoms with Crippen molar-refractivity contribution in [3.8, 4) is 0 Å². The molecule has 2 rings (SSSR count). The average molecular weight is 412 g/mol. The van der Waals surface area contributed by atoms with Crippen molar-refractivity contribution >= 4 is 60.3 Å². The summed E-state index contributed by atoms with van der Waals surface area (Å²) in [6.07, 6.45) is 0. The molecular weight excluding hydrogens is 404 g/mol. The number of nitro benzene ring substituents is 1. The Hall–Kier alpha value is -1.16. The van der Waals surface area contributed by atoms with Crippen LogP contribution in [0.2, 0.25) is 5.02 Å². The Morgan fingerprint density at radius 1 is 1.38 bits per heavy atom. The fraction of sp³-hybridized carbons (Fsp3) is 0.0909. The van der Waals surface area contributed by atoms with E-state index in [1.165, 1.54) is 18.2 Å². The second-order valence-corrected chi connectivity index (χ2v) is 8.76. The van der Waals surface area contributed by atoms with Crippen molar-refractivity contribution in [1.82, 2.24) is 0 Å². The normalized spacial score (nSPS) is 11.4. The molecule has 2 aromatic rings. The van der Waals surface area contributed by atoms with Crippen LogP contribution < -0.4 is 4.72 Å². The third-order valence-electron chi connectivity index (χ3n) is 2.50. The maximum Gasteiger partial charge on any atom is 0.294 e. The van der Waals surface area contributed by atoms with Gasteiger partial charge in [-0.15, -0.1) is 11.3 Å². The molecule has 0 fully saturated rings. The van der Waals surface area contributed by atoms with Crippen LogP contribution in [0.5, 0.6) is 0 Å². The van der Waals surface area contributed by atoms with Gasteiger partial charge in [0, 0.05) is 11.1 Å². The van der Waals surface area contributed by atoms with Crippen molar-refractivity contribution in [2.75, 3.05) is 4.72 Å². The minimum absolute atomic E-state index is 0.0659. The Morgan fingerprint density at radius 3 is 2.57 bits per heavy atom. The molecule has 1 aromatic carbocycles. The summed E-state index contributed by atoms with van der Waals surface area (Å²) in [5.41, 5.74) is 0.232. The lowest BCUT2D eigenvalue weighted by Crippen LogP contribution is -2.12. The second-order valence-electron chi connectivity index (χ2n) is 4.05. The number of sulfonamides is 1.